The summed E-state index contributed by atoms with van der Waals surface area (Å²) in [4.78, 5) is 0. The van der Waals surface area contributed by atoms with Crippen LogP contribution in [0.3, 0.4) is 0 Å². The van der Waals surface area contributed by atoms with Crippen LogP contribution >= 0.6 is 0 Å². The van der Waals surface area contributed by atoms with Crippen molar-refractivity contribution in [2.45, 2.75) is 52.8 Å². The first-order chi connectivity index (χ1) is 9.81. The Labute approximate surface area is 128 Å². The zero-order chi connectivity index (χ0) is 15.9. The molecule has 0 heterocycles. The maximum Gasteiger partial charge on any atom is 0.123 e. The van der Waals surface area contributed by atoms with Gasteiger partial charge in [0, 0.05) is 24.3 Å². The molecule has 1 rings (SSSR count). The van der Waals surface area contributed by atoms with E-state index in [0.29, 0.717) is 13.2 Å². The second-order valence-corrected chi connectivity index (χ2v) is 6.34. The van der Waals surface area contributed by atoms with Crippen molar-refractivity contribution in [2.75, 3.05) is 19.8 Å². The minimum atomic E-state index is -0.602. The van der Waals surface area contributed by atoms with Crippen LogP contribution < -0.4 is 10.1 Å². The van der Waals surface area contributed by atoms with E-state index in [-0.39, 0.29) is 12.1 Å². The first-order valence-electron chi connectivity index (χ1n) is 7.55. The zero-order valence-electron chi connectivity index (χ0n) is 13.9. The Hall–Kier alpha value is -1.10. The molecule has 1 aromatic rings. The van der Waals surface area contributed by atoms with Crippen LogP contribution in [0.15, 0.2) is 18.2 Å². The number of aliphatic hydroxyl groups is 1. The SMILES string of the molecule is CCOCC(O)COc1ccc(C)cc1CNC(C)(C)C. The van der Waals surface area contributed by atoms with Gasteiger partial charge in [-0.15, -0.1) is 0 Å². The molecule has 0 aliphatic rings. The van der Waals surface area contributed by atoms with Gasteiger partial charge in [0.25, 0.3) is 0 Å². The van der Waals surface area contributed by atoms with E-state index >= 15 is 0 Å². The quantitative estimate of drug-likeness (QED) is 0.774. The first-order valence-corrected chi connectivity index (χ1v) is 7.55. The Balaban J connectivity index is 2.64. The van der Waals surface area contributed by atoms with E-state index in [1.165, 1.54) is 5.56 Å². The fourth-order valence-corrected chi connectivity index (χ4v) is 1.84. The van der Waals surface area contributed by atoms with Crippen molar-refractivity contribution >= 4 is 0 Å². The number of nitrogens with one attached hydrogen (secondary N) is 1. The van der Waals surface area contributed by atoms with Gasteiger partial charge < -0.3 is 19.9 Å². The number of ether oxygens (including phenoxy) is 2. The molecule has 0 aromatic heterocycles. The minimum absolute atomic E-state index is 0.0511. The van der Waals surface area contributed by atoms with Crippen molar-refractivity contribution in [2.24, 2.45) is 0 Å². The summed E-state index contributed by atoms with van der Waals surface area (Å²) >= 11 is 0. The van der Waals surface area contributed by atoms with Gasteiger partial charge in [0.2, 0.25) is 0 Å². The summed E-state index contributed by atoms with van der Waals surface area (Å²) in [5.74, 6) is 0.813. The monoisotopic (exact) mass is 295 g/mol. The average molecular weight is 295 g/mol. The number of hydrogen-bond donors (Lipinski definition) is 2. The molecule has 0 radical (unpaired) electrons. The molecule has 0 amide bonds. The van der Waals surface area contributed by atoms with E-state index in [4.69, 9.17) is 9.47 Å². The fraction of sp³-hybridized carbons (Fsp3) is 0.647. The van der Waals surface area contributed by atoms with E-state index in [1.807, 2.05) is 19.1 Å². The maximum atomic E-state index is 9.78. The second kappa shape index (κ2) is 8.37. The Morgan fingerprint density at radius 1 is 1.24 bits per heavy atom. The molecule has 4 nitrogen and oxygen atoms in total. The third-order valence-electron chi connectivity index (χ3n) is 2.97. The third kappa shape index (κ3) is 7.46. The van der Waals surface area contributed by atoms with E-state index < -0.39 is 6.10 Å². The van der Waals surface area contributed by atoms with E-state index in [2.05, 4.69) is 39.1 Å². The standard InChI is InChI=1S/C17H29NO3/c1-6-20-11-15(19)12-21-16-8-7-13(2)9-14(16)10-18-17(3,4)5/h7-9,15,18-19H,6,10-12H2,1-5H3. The van der Waals surface area contributed by atoms with Crippen LogP contribution in [0.5, 0.6) is 5.75 Å². The lowest BCUT2D eigenvalue weighted by atomic mass is 10.1. The Bertz CT molecular complexity index is 427. The summed E-state index contributed by atoms with van der Waals surface area (Å²) in [6.45, 7) is 12.3. The van der Waals surface area contributed by atoms with Gasteiger partial charge in [-0.3, -0.25) is 0 Å². The summed E-state index contributed by atoms with van der Waals surface area (Å²) in [7, 11) is 0. The fourth-order valence-electron chi connectivity index (χ4n) is 1.84. The third-order valence-corrected chi connectivity index (χ3v) is 2.97. The van der Waals surface area contributed by atoms with E-state index in [1.54, 1.807) is 0 Å². The molecule has 0 aliphatic heterocycles. The predicted molar refractivity (Wildman–Crippen MR) is 85.8 cm³/mol. The molecule has 2 N–H and O–H groups in total. The van der Waals surface area contributed by atoms with Crippen LogP contribution in [0.4, 0.5) is 0 Å². The van der Waals surface area contributed by atoms with Crippen LogP contribution in [0.2, 0.25) is 0 Å². The highest BCUT2D eigenvalue weighted by molar-refractivity contribution is 5.37. The molecular formula is C17H29NO3. The first kappa shape index (κ1) is 18.0. The Kier molecular flexibility index (Phi) is 7.15. The van der Waals surface area contributed by atoms with Crippen molar-refractivity contribution < 1.29 is 14.6 Å². The number of aryl methyl sites for hydroxylation is 1. The summed E-state index contributed by atoms with van der Waals surface area (Å²) in [5.41, 5.74) is 2.35. The van der Waals surface area contributed by atoms with Gasteiger partial charge in [-0.1, -0.05) is 17.7 Å². The summed E-state index contributed by atoms with van der Waals surface area (Å²) in [6.07, 6.45) is -0.602. The molecule has 0 bridgehead atoms. The van der Waals surface area contributed by atoms with Crippen LogP contribution in [-0.2, 0) is 11.3 Å². The van der Waals surface area contributed by atoms with Crippen LogP contribution in [0.1, 0.15) is 38.8 Å². The normalized spacial score (nSPS) is 13.2. The van der Waals surface area contributed by atoms with Crippen molar-refractivity contribution in [3.05, 3.63) is 29.3 Å². The van der Waals surface area contributed by atoms with Gasteiger partial charge in [-0.25, -0.2) is 0 Å². The molecule has 21 heavy (non-hydrogen) atoms. The number of rotatable bonds is 8. The largest absolute Gasteiger partial charge is 0.490 e. The second-order valence-electron chi connectivity index (χ2n) is 6.34. The van der Waals surface area contributed by atoms with Gasteiger partial charge >= 0.3 is 0 Å². The highest BCUT2D eigenvalue weighted by atomic mass is 16.5. The summed E-state index contributed by atoms with van der Waals surface area (Å²) in [5, 5.41) is 13.2. The molecular weight excluding hydrogens is 266 g/mol. The lowest BCUT2D eigenvalue weighted by molar-refractivity contribution is 0.0162. The minimum Gasteiger partial charge on any atom is -0.490 e. The Morgan fingerprint density at radius 3 is 2.57 bits per heavy atom. The maximum absolute atomic E-state index is 9.78. The lowest BCUT2D eigenvalue weighted by Crippen LogP contribution is -2.35. The summed E-state index contributed by atoms with van der Waals surface area (Å²) < 4.78 is 10.9. The molecule has 1 atom stereocenters. The highest BCUT2D eigenvalue weighted by Gasteiger charge is 2.12. The molecule has 0 saturated heterocycles. The van der Waals surface area contributed by atoms with E-state index in [0.717, 1.165) is 17.9 Å². The van der Waals surface area contributed by atoms with Crippen molar-refractivity contribution in [3.63, 3.8) is 0 Å². The molecule has 0 saturated carbocycles. The molecule has 120 valence electrons. The highest BCUT2D eigenvalue weighted by Crippen LogP contribution is 2.21. The van der Waals surface area contributed by atoms with E-state index in [9.17, 15) is 5.11 Å². The summed E-state index contributed by atoms with van der Waals surface area (Å²) in [6, 6.07) is 6.09. The molecule has 1 aromatic carbocycles. The van der Waals surface area contributed by atoms with Crippen molar-refractivity contribution in [1.82, 2.24) is 5.32 Å². The smallest absolute Gasteiger partial charge is 0.123 e. The van der Waals surface area contributed by atoms with Crippen LogP contribution in [0.25, 0.3) is 0 Å². The molecule has 4 heteroatoms. The van der Waals surface area contributed by atoms with Crippen molar-refractivity contribution in [1.29, 1.82) is 0 Å². The molecule has 0 aliphatic carbocycles. The topological polar surface area (TPSA) is 50.7 Å². The van der Waals surface area contributed by atoms with Gasteiger partial charge in [0.05, 0.1) is 6.61 Å². The number of hydrogen-bond acceptors (Lipinski definition) is 4. The van der Waals surface area contributed by atoms with Gasteiger partial charge in [0.1, 0.15) is 18.5 Å². The zero-order valence-corrected chi connectivity index (χ0v) is 13.9. The predicted octanol–water partition coefficient (Wildman–Crippen LogP) is 2.66. The van der Waals surface area contributed by atoms with Gasteiger partial charge in [0.15, 0.2) is 0 Å². The van der Waals surface area contributed by atoms with Gasteiger partial charge in [-0.2, -0.15) is 0 Å². The van der Waals surface area contributed by atoms with Gasteiger partial charge in [-0.05, 0) is 40.7 Å². The Morgan fingerprint density at radius 2 is 1.95 bits per heavy atom. The molecule has 0 spiro atoms. The molecule has 0 fully saturated rings. The van der Waals surface area contributed by atoms with Crippen molar-refractivity contribution in [3.8, 4) is 5.75 Å². The average Bonchev–Trinajstić information content (AvgIpc) is 2.41. The van der Waals surface area contributed by atoms with Crippen LogP contribution in [-0.4, -0.2) is 36.6 Å². The lowest BCUT2D eigenvalue weighted by Gasteiger charge is -2.22. The number of benzene rings is 1. The molecule has 1 unspecified atom stereocenters. The van der Waals surface area contributed by atoms with Crippen LogP contribution in [0, 0.1) is 6.92 Å². The number of aliphatic hydroxyl groups excluding tert-OH is 1.